The molecule has 2 N–H and O–H groups in total. The van der Waals surface area contributed by atoms with Crippen LogP contribution in [0.5, 0.6) is 5.88 Å². The van der Waals surface area contributed by atoms with E-state index < -0.39 is 5.56 Å². The van der Waals surface area contributed by atoms with Crippen LogP contribution < -0.4 is 5.56 Å². The van der Waals surface area contributed by atoms with Crippen LogP contribution >= 0.6 is 35.4 Å². The van der Waals surface area contributed by atoms with E-state index in [0.717, 1.165) is 6.07 Å². The third kappa shape index (κ3) is 2.36. The molecule has 0 aliphatic rings. The van der Waals surface area contributed by atoms with Crippen LogP contribution in [0.3, 0.4) is 0 Å². The van der Waals surface area contributed by atoms with E-state index in [9.17, 15) is 9.90 Å². The SMILES string of the molecule is O=c1cc(O)n(-c2ccc(Cl)c(Cl)c2)c(=S)[nH]1. The minimum absolute atomic E-state index is 0.0772. The van der Waals surface area contributed by atoms with Gasteiger partial charge in [-0.05, 0) is 30.4 Å². The number of hydrogen-bond acceptors (Lipinski definition) is 3. The summed E-state index contributed by atoms with van der Waals surface area (Å²) in [6.45, 7) is 0. The van der Waals surface area contributed by atoms with Gasteiger partial charge in [-0.1, -0.05) is 23.2 Å². The first kappa shape index (κ1) is 12.2. The Balaban J connectivity index is 2.73. The Labute approximate surface area is 111 Å². The van der Waals surface area contributed by atoms with E-state index in [1.165, 1.54) is 10.6 Å². The maximum absolute atomic E-state index is 11.1. The van der Waals surface area contributed by atoms with E-state index in [4.69, 9.17) is 35.4 Å². The number of nitrogens with zero attached hydrogens (tertiary/aromatic N) is 1. The van der Waals surface area contributed by atoms with Crippen LogP contribution in [0.1, 0.15) is 0 Å². The van der Waals surface area contributed by atoms with E-state index in [2.05, 4.69) is 4.98 Å². The summed E-state index contributed by atoms with van der Waals surface area (Å²) in [5, 5.41) is 10.4. The molecular formula is C10H6Cl2N2O2S. The number of aromatic amines is 1. The lowest BCUT2D eigenvalue weighted by Gasteiger charge is -2.09. The molecule has 17 heavy (non-hydrogen) atoms. The van der Waals surface area contributed by atoms with Crippen molar-refractivity contribution in [3.63, 3.8) is 0 Å². The molecule has 0 fully saturated rings. The summed E-state index contributed by atoms with van der Waals surface area (Å²) in [6, 6.07) is 5.77. The molecule has 0 atom stereocenters. The second-order valence-corrected chi connectivity index (χ2v) is 4.43. The number of benzene rings is 1. The Bertz CT molecular complexity index is 693. The molecule has 1 aromatic carbocycles. The molecule has 2 aromatic rings. The minimum atomic E-state index is -0.469. The van der Waals surface area contributed by atoms with Gasteiger partial charge in [0.15, 0.2) is 4.77 Å². The maximum Gasteiger partial charge on any atom is 0.255 e. The predicted molar refractivity (Wildman–Crippen MR) is 68.9 cm³/mol. The highest BCUT2D eigenvalue weighted by molar-refractivity contribution is 7.71. The van der Waals surface area contributed by atoms with Crippen molar-refractivity contribution < 1.29 is 5.11 Å². The lowest BCUT2D eigenvalue weighted by molar-refractivity contribution is 0.433. The van der Waals surface area contributed by atoms with E-state index in [1.54, 1.807) is 12.1 Å². The van der Waals surface area contributed by atoms with Gasteiger partial charge in [0.2, 0.25) is 5.88 Å². The zero-order chi connectivity index (χ0) is 12.6. The van der Waals surface area contributed by atoms with Crippen molar-refractivity contribution in [1.82, 2.24) is 9.55 Å². The molecule has 7 heteroatoms. The third-order valence-corrected chi connectivity index (χ3v) is 3.11. The van der Waals surface area contributed by atoms with Crippen molar-refractivity contribution in [2.75, 3.05) is 0 Å². The van der Waals surface area contributed by atoms with Gasteiger partial charge in [-0.15, -0.1) is 0 Å². The number of aromatic hydroxyl groups is 1. The number of nitrogens with one attached hydrogen (secondary N) is 1. The monoisotopic (exact) mass is 288 g/mol. The first-order valence-electron chi connectivity index (χ1n) is 4.50. The summed E-state index contributed by atoms with van der Waals surface area (Å²) in [5.74, 6) is -0.267. The Morgan fingerprint density at radius 2 is 1.94 bits per heavy atom. The van der Waals surface area contributed by atoms with Gasteiger partial charge >= 0.3 is 0 Å². The first-order valence-corrected chi connectivity index (χ1v) is 5.66. The van der Waals surface area contributed by atoms with Crippen LogP contribution in [-0.4, -0.2) is 14.7 Å². The van der Waals surface area contributed by atoms with Crippen molar-refractivity contribution in [1.29, 1.82) is 0 Å². The molecular weight excluding hydrogens is 283 g/mol. The molecule has 0 saturated carbocycles. The Morgan fingerprint density at radius 1 is 1.24 bits per heavy atom. The largest absolute Gasteiger partial charge is 0.494 e. The molecule has 88 valence electrons. The van der Waals surface area contributed by atoms with Crippen LogP contribution in [0.25, 0.3) is 5.69 Å². The summed E-state index contributed by atoms with van der Waals surface area (Å²) in [7, 11) is 0. The second-order valence-electron chi connectivity index (χ2n) is 3.23. The van der Waals surface area contributed by atoms with Crippen molar-refractivity contribution in [2.45, 2.75) is 0 Å². The van der Waals surface area contributed by atoms with E-state index in [0.29, 0.717) is 15.7 Å². The summed E-state index contributed by atoms with van der Waals surface area (Å²) in [6.07, 6.45) is 0. The summed E-state index contributed by atoms with van der Waals surface area (Å²) in [4.78, 5) is 13.5. The molecule has 0 saturated heterocycles. The predicted octanol–water partition coefficient (Wildman–Crippen LogP) is 2.91. The molecule has 0 aliphatic carbocycles. The van der Waals surface area contributed by atoms with Crippen LogP contribution in [0.15, 0.2) is 29.1 Å². The molecule has 0 amide bonds. The summed E-state index contributed by atoms with van der Waals surface area (Å²) in [5.41, 5.74) is 0.0435. The van der Waals surface area contributed by atoms with Gasteiger partial charge in [-0.2, -0.15) is 0 Å². The number of hydrogen-bond donors (Lipinski definition) is 2. The van der Waals surface area contributed by atoms with Gasteiger partial charge in [0, 0.05) is 0 Å². The number of rotatable bonds is 1. The van der Waals surface area contributed by atoms with E-state index >= 15 is 0 Å². The van der Waals surface area contributed by atoms with Gasteiger partial charge in [0.25, 0.3) is 5.56 Å². The smallest absolute Gasteiger partial charge is 0.255 e. The van der Waals surface area contributed by atoms with Gasteiger partial charge in [0.05, 0.1) is 21.8 Å². The zero-order valence-corrected chi connectivity index (χ0v) is 10.6. The highest BCUT2D eigenvalue weighted by atomic mass is 35.5. The van der Waals surface area contributed by atoms with Gasteiger partial charge in [-0.3, -0.25) is 14.3 Å². The Hall–Kier alpha value is -1.30. The lowest BCUT2D eigenvalue weighted by atomic mass is 10.3. The quantitative estimate of drug-likeness (QED) is 0.794. The topological polar surface area (TPSA) is 58.0 Å². The fourth-order valence-electron chi connectivity index (χ4n) is 1.36. The summed E-state index contributed by atoms with van der Waals surface area (Å²) < 4.78 is 1.35. The van der Waals surface area contributed by atoms with Crippen LogP contribution in [0.2, 0.25) is 10.0 Å². The van der Waals surface area contributed by atoms with Crippen LogP contribution in [0, 0.1) is 4.77 Å². The number of aromatic nitrogens is 2. The highest BCUT2D eigenvalue weighted by Crippen LogP contribution is 2.26. The van der Waals surface area contributed by atoms with Crippen molar-refractivity contribution in [2.24, 2.45) is 0 Å². The fraction of sp³-hybridized carbons (Fsp3) is 0. The van der Waals surface area contributed by atoms with Crippen molar-refractivity contribution in [3.05, 3.63) is 49.4 Å². The molecule has 2 rings (SSSR count). The van der Waals surface area contributed by atoms with E-state index in [-0.39, 0.29) is 10.7 Å². The van der Waals surface area contributed by atoms with Gasteiger partial charge < -0.3 is 5.11 Å². The van der Waals surface area contributed by atoms with Crippen molar-refractivity contribution in [3.8, 4) is 11.6 Å². The maximum atomic E-state index is 11.1. The highest BCUT2D eigenvalue weighted by Gasteiger charge is 2.06. The van der Waals surface area contributed by atoms with Crippen LogP contribution in [-0.2, 0) is 0 Å². The second kappa shape index (κ2) is 4.52. The first-order chi connectivity index (χ1) is 7.99. The third-order valence-electron chi connectivity index (χ3n) is 2.08. The van der Waals surface area contributed by atoms with Gasteiger partial charge in [-0.25, -0.2) is 0 Å². The average molecular weight is 289 g/mol. The molecule has 0 bridgehead atoms. The average Bonchev–Trinajstić information content (AvgIpc) is 2.21. The zero-order valence-electron chi connectivity index (χ0n) is 8.28. The molecule has 0 aliphatic heterocycles. The normalized spacial score (nSPS) is 10.5. The van der Waals surface area contributed by atoms with E-state index in [1.807, 2.05) is 0 Å². The minimum Gasteiger partial charge on any atom is -0.494 e. The molecule has 1 aromatic heterocycles. The Morgan fingerprint density at radius 3 is 2.53 bits per heavy atom. The molecule has 4 nitrogen and oxygen atoms in total. The number of halogens is 2. The van der Waals surface area contributed by atoms with Crippen molar-refractivity contribution >= 4 is 35.4 Å². The Kier molecular flexibility index (Phi) is 3.24. The molecule has 0 spiro atoms. The lowest BCUT2D eigenvalue weighted by Crippen LogP contribution is -2.10. The fourth-order valence-corrected chi connectivity index (χ4v) is 1.95. The number of H-pyrrole nitrogens is 1. The standard InChI is InChI=1S/C10H6Cl2N2O2S/c11-6-2-1-5(3-7(6)12)14-9(16)4-8(15)13-10(14)17/h1-4,16H,(H,13,15,17). The van der Waals surface area contributed by atoms with Crippen LogP contribution in [0.4, 0.5) is 0 Å². The summed E-state index contributed by atoms with van der Waals surface area (Å²) >= 11 is 16.6. The molecule has 0 radical (unpaired) electrons. The molecule has 1 heterocycles. The van der Waals surface area contributed by atoms with Gasteiger partial charge in [0.1, 0.15) is 0 Å². The molecule has 0 unspecified atom stereocenters.